The lowest BCUT2D eigenvalue weighted by Crippen LogP contribution is -2.37. The Balaban J connectivity index is 1.30. The monoisotopic (exact) mass is 483 g/mol. The van der Waals surface area contributed by atoms with Crippen LogP contribution in [0.3, 0.4) is 0 Å². The van der Waals surface area contributed by atoms with E-state index >= 15 is 0 Å². The van der Waals surface area contributed by atoms with Crippen molar-refractivity contribution in [3.05, 3.63) is 58.1 Å². The van der Waals surface area contributed by atoms with Crippen LogP contribution in [0.1, 0.15) is 46.7 Å². The summed E-state index contributed by atoms with van der Waals surface area (Å²) >= 11 is 6.17. The number of rotatable bonds is 8. The third-order valence-electron chi connectivity index (χ3n) is 5.86. The number of benzene rings is 1. The molecule has 0 spiro atoms. The van der Waals surface area contributed by atoms with Crippen LogP contribution in [0.5, 0.6) is 0 Å². The molecule has 2 amide bonds. The second-order valence-electron chi connectivity index (χ2n) is 8.33. The number of carbonyl (C=O) groups excluding carboxylic acids is 2. The Morgan fingerprint density at radius 1 is 1.21 bits per heavy atom. The van der Waals surface area contributed by atoms with Gasteiger partial charge in [-0.25, -0.2) is 0 Å². The van der Waals surface area contributed by atoms with Gasteiger partial charge in [0.2, 0.25) is 5.91 Å². The highest BCUT2D eigenvalue weighted by molar-refractivity contribution is 6.30. The normalized spacial score (nSPS) is 14.7. The van der Waals surface area contributed by atoms with E-state index in [1.54, 1.807) is 29.9 Å². The van der Waals surface area contributed by atoms with Gasteiger partial charge in [0.25, 0.3) is 5.91 Å². The Morgan fingerprint density at radius 3 is 2.68 bits per heavy atom. The van der Waals surface area contributed by atoms with Crippen LogP contribution in [0, 0.1) is 12.8 Å². The smallest absolute Gasteiger partial charge is 0.270 e. The van der Waals surface area contributed by atoms with Crippen LogP contribution in [-0.2, 0) is 17.9 Å². The molecule has 0 bridgehead atoms. The number of piperidine rings is 1. The summed E-state index contributed by atoms with van der Waals surface area (Å²) in [5.41, 5.74) is 7.16. The Hall–Kier alpha value is -3.60. The Morgan fingerprint density at radius 2 is 2.00 bits per heavy atom. The number of tetrazole rings is 1. The molecule has 1 aliphatic rings. The number of hydrogen-bond acceptors (Lipinski definition) is 7. The van der Waals surface area contributed by atoms with E-state index in [1.165, 1.54) is 4.80 Å². The van der Waals surface area contributed by atoms with Crippen molar-refractivity contribution in [2.24, 2.45) is 11.7 Å². The summed E-state index contributed by atoms with van der Waals surface area (Å²) in [4.78, 5) is 27.3. The lowest BCUT2D eigenvalue weighted by molar-refractivity contribution is -0.127. The van der Waals surface area contributed by atoms with Gasteiger partial charge in [-0.15, -0.1) is 15.3 Å². The summed E-state index contributed by atoms with van der Waals surface area (Å²) in [6, 6.07) is 5.52. The molecule has 0 atom stereocenters. The second-order valence-corrected chi connectivity index (χ2v) is 8.77. The van der Waals surface area contributed by atoms with Crippen LogP contribution in [0.2, 0.25) is 5.02 Å². The molecule has 1 fully saturated rings. The van der Waals surface area contributed by atoms with Crippen molar-refractivity contribution in [3.63, 3.8) is 0 Å². The Kier molecular flexibility index (Phi) is 7.31. The van der Waals surface area contributed by atoms with E-state index in [9.17, 15) is 9.59 Å². The van der Waals surface area contributed by atoms with E-state index in [-0.39, 0.29) is 11.6 Å². The van der Waals surface area contributed by atoms with E-state index in [1.807, 2.05) is 23.1 Å². The second kappa shape index (κ2) is 10.6. The number of aromatic nitrogens is 7. The number of primary amides is 1. The first-order valence-electron chi connectivity index (χ1n) is 11.1. The third-order valence-corrected chi connectivity index (χ3v) is 6.09. The van der Waals surface area contributed by atoms with Crippen LogP contribution in [-0.4, -0.2) is 65.0 Å². The van der Waals surface area contributed by atoms with Gasteiger partial charge in [0.1, 0.15) is 0 Å². The zero-order valence-electron chi connectivity index (χ0n) is 18.8. The number of amides is 2. The third kappa shape index (κ3) is 6.04. The predicted octanol–water partition coefficient (Wildman–Crippen LogP) is 1.72. The maximum absolute atomic E-state index is 12.8. The van der Waals surface area contributed by atoms with Gasteiger partial charge in [-0.05, 0) is 66.7 Å². The maximum Gasteiger partial charge on any atom is 0.270 e. The number of likely N-dealkylation sites (tertiary alicyclic amines) is 1. The van der Waals surface area contributed by atoms with Crippen molar-refractivity contribution in [2.45, 2.75) is 39.3 Å². The lowest BCUT2D eigenvalue weighted by atomic mass is 9.93. The van der Waals surface area contributed by atoms with E-state index in [4.69, 9.17) is 17.3 Å². The molecule has 34 heavy (non-hydrogen) atoms. The maximum atomic E-state index is 12.8. The molecular formula is C22H26ClN9O2. The largest absolute Gasteiger partial charge is 0.364 e. The molecule has 1 saturated heterocycles. The molecule has 0 unspecified atom stereocenters. The standard InChI is InChI=1S/C22H26ClN9O2/c1-15-25-29-32(27-15)13-18-12-19(23)4-2-17(18)3-5-21(33)30-9-6-16(7-10-30)8-11-31-14-20(22(24)34)26-28-31/h2-5,12,14,16H,6-11,13H2,1H3,(H2,24,34)/b5-3+. The number of nitrogens with zero attached hydrogens (tertiary/aromatic N) is 8. The fourth-order valence-electron chi connectivity index (χ4n) is 3.96. The number of carbonyl (C=O) groups is 2. The summed E-state index contributed by atoms with van der Waals surface area (Å²) in [6.07, 6.45) is 7.72. The fraction of sp³-hybridized carbons (Fsp3) is 0.409. The van der Waals surface area contributed by atoms with Gasteiger partial charge in [0, 0.05) is 30.7 Å². The number of hydrogen-bond donors (Lipinski definition) is 1. The highest BCUT2D eigenvalue weighted by Gasteiger charge is 2.22. The van der Waals surface area contributed by atoms with Crippen LogP contribution in [0.25, 0.3) is 6.08 Å². The molecule has 1 aromatic carbocycles. The van der Waals surface area contributed by atoms with Crippen molar-refractivity contribution < 1.29 is 9.59 Å². The van der Waals surface area contributed by atoms with Gasteiger partial charge in [0.05, 0.1) is 12.7 Å². The molecule has 12 heteroatoms. The first kappa shape index (κ1) is 23.6. The van der Waals surface area contributed by atoms with Crippen LogP contribution in [0.15, 0.2) is 30.5 Å². The predicted molar refractivity (Wildman–Crippen MR) is 125 cm³/mol. The lowest BCUT2D eigenvalue weighted by Gasteiger charge is -2.31. The van der Waals surface area contributed by atoms with Gasteiger partial charge in [-0.3, -0.25) is 14.3 Å². The summed E-state index contributed by atoms with van der Waals surface area (Å²) in [7, 11) is 0. The summed E-state index contributed by atoms with van der Waals surface area (Å²) in [5, 5.41) is 20.4. The Labute approximate surface area is 201 Å². The summed E-state index contributed by atoms with van der Waals surface area (Å²) < 4.78 is 1.64. The number of halogens is 1. The molecule has 3 aromatic rings. The number of aryl methyl sites for hydroxylation is 2. The molecule has 4 rings (SSSR count). The van der Waals surface area contributed by atoms with E-state index in [0.717, 1.165) is 30.4 Å². The zero-order valence-corrected chi connectivity index (χ0v) is 19.6. The van der Waals surface area contributed by atoms with E-state index in [2.05, 4.69) is 25.7 Å². The highest BCUT2D eigenvalue weighted by atomic mass is 35.5. The van der Waals surface area contributed by atoms with Crippen molar-refractivity contribution in [1.82, 2.24) is 40.1 Å². The molecular weight excluding hydrogens is 458 g/mol. The van der Waals surface area contributed by atoms with Crippen LogP contribution >= 0.6 is 11.6 Å². The van der Waals surface area contributed by atoms with Gasteiger partial charge >= 0.3 is 0 Å². The van der Waals surface area contributed by atoms with Gasteiger partial charge in [-0.1, -0.05) is 22.9 Å². The molecule has 2 aromatic heterocycles. The minimum absolute atomic E-state index is 0.0172. The van der Waals surface area contributed by atoms with E-state index < -0.39 is 5.91 Å². The molecule has 3 heterocycles. The van der Waals surface area contributed by atoms with Crippen molar-refractivity contribution in [2.75, 3.05) is 13.1 Å². The first-order valence-corrected chi connectivity index (χ1v) is 11.4. The van der Waals surface area contributed by atoms with Gasteiger partial charge < -0.3 is 10.6 Å². The average molecular weight is 484 g/mol. The van der Waals surface area contributed by atoms with Crippen LogP contribution in [0.4, 0.5) is 0 Å². The average Bonchev–Trinajstić information content (AvgIpc) is 3.46. The molecule has 2 N–H and O–H groups in total. The van der Waals surface area contributed by atoms with Crippen molar-refractivity contribution in [3.8, 4) is 0 Å². The minimum atomic E-state index is -0.581. The molecule has 0 radical (unpaired) electrons. The molecule has 0 aliphatic carbocycles. The minimum Gasteiger partial charge on any atom is -0.364 e. The van der Waals surface area contributed by atoms with Crippen molar-refractivity contribution in [1.29, 1.82) is 0 Å². The quantitative estimate of drug-likeness (QED) is 0.481. The molecule has 11 nitrogen and oxygen atoms in total. The van der Waals surface area contributed by atoms with E-state index in [0.29, 0.717) is 42.9 Å². The van der Waals surface area contributed by atoms with Gasteiger partial charge in [0.15, 0.2) is 11.5 Å². The molecule has 1 aliphatic heterocycles. The summed E-state index contributed by atoms with van der Waals surface area (Å²) in [6.45, 7) is 4.25. The van der Waals surface area contributed by atoms with Crippen LogP contribution < -0.4 is 5.73 Å². The SMILES string of the molecule is Cc1nnn(Cc2cc(Cl)ccc2/C=C/C(=O)N2CCC(CCn3cc(C(N)=O)nn3)CC2)n1. The van der Waals surface area contributed by atoms with Crippen molar-refractivity contribution >= 4 is 29.5 Å². The fourth-order valence-corrected chi connectivity index (χ4v) is 4.16. The van der Waals surface area contributed by atoms with Gasteiger partial charge in [-0.2, -0.15) is 4.80 Å². The molecule has 0 saturated carbocycles. The summed E-state index contributed by atoms with van der Waals surface area (Å²) in [5.74, 6) is 0.476. The topological polar surface area (TPSA) is 138 Å². The number of nitrogens with two attached hydrogens (primary N) is 1. The first-order chi connectivity index (χ1) is 16.4. The molecule has 178 valence electrons. The zero-order chi connectivity index (χ0) is 24.1. The highest BCUT2D eigenvalue weighted by Crippen LogP contribution is 2.22. The Bertz CT molecular complexity index is 1190.